The van der Waals surface area contributed by atoms with Gasteiger partial charge in [-0.3, -0.25) is 0 Å². The second-order valence-electron chi connectivity index (χ2n) is 7.19. The average Bonchev–Trinajstić information content (AvgIpc) is 2.36. The summed E-state index contributed by atoms with van der Waals surface area (Å²) in [5.41, 5.74) is 6.35. The number of fused-ring (bicyclic) bond motifs is 3. The maximum absolute atomic E-state index is 2.75. The Bertz CT molecular complexity index is 495. The van der Waals surface area contributed by atoms with Crippen molar-refractivity contribution in [3.8, 4) is 0 Å². The molecular formula is C18H27N. The molecule has 0 radical (unpaired) electrons. The van der Waals surface area contributed by atoms with Crippen LogP contribution in [0.4, 0.5) is 5.69 Å². The van der Waals surface area contributed by atoms with E-state index in [2.05, 4.69) is 51.7 Å². The fourth-order valence-electron chi connectivity index (χ4n) is 4.30. The van der Waals surface area contributed by atoms with Crippen LogP contribution in [0, 0.1) is 26.2 Å². The van der Waals surface area contributed by atoms with Crippen molar-refractivity contribution in [2.75, 3.05) is 4.90 Å². The Morgan fingerprint density at radius 3 is 2.37 bits per heavy atom. The highest BCUT2D eigenvalue weighted by Crippen LogP contribution is 2.50. The van der Waals surface area contributed by atoms with Crippen molar-refractivity contribution in [1.82, 2.24) is 0 Å². The van der Waals surface area contributed by atoms with Gasteiger partial charge in [0.1, 0.15) is 0 Å². The second kappa shape index (κ2) is 4.26. The first-order chi connectivity index (χ1) is 8.92. The summed E-state index contributed by atoms with van der Waals surface area (Å²) < 4.78 is 0. The molecule has 0 aromatic heterocycles. The summed E-state index contributed by atoms with van der Waals surface area (Å²) in [6.45, 7) is 11.7. The number of hydrogen-bond donors (Lipinski definition) is 0. The minimum Gasteiger partial charge on any atom is -0.365 e. The van der Waals surface area contributed by atoms with E-state index in [1.165, 1.54) is 48.1 Å². The van der Waals surface area contributed by atoms with Gasteiger partial charge in [0.05, 0.1) is 0 Å². The van der Waals surface area contributed by atoms with Gasteiger partial charge in [-0.1, -0.05) is 13.0 Å². The molecule has 0 spiro atoms. The monoisotopic (exact) mass is 257 g/mol. The third-order valence-corrected chi connectivity index (χ3v) is 5.98. The molecule has 0 N–H and O–H groups in total. The zero-order chi connectivity index (χ0) is 13.8. The smallest absolute Gasteiger partial charge is 0.0406 e. The summed E-state index contributed by atoms with van der Waals surface area (Å²) in [6, 6.07) is 6.17. The van der Waals surface area contributed by atoms with E-state index in [0.29, 0.717) is 11.5 Å². The van der Waals surface area contributed by atoms with Crippen molar-refractivity contribution < 1.29 is 0 Å². The third-order valence-electron chi connectivity index (χ3n) is 5.98. The van der Waals surface area contributed by atoms with E-state index in [9.17, 15) is 0 Å². The van der Waals surface area contributed by atoms with Crippen LogP contribution in [0.1, 0.15) is 56.2 Å². The highest BCUT2D eigenvalue weighted by atomic mass is 15.2. The van der Waals surface area contributed by atoms with Gasteiger partial charge in [0.25, 0.3) is 0 Å². The number of benzene rings is 1. The lowest BCUT2D eigenvalue weighted by molar-refractivity contribution is 0.0966. The lowest BCUT2D eigenvalue weighted by Crippen LogP contribution is -2.59. The summed E-state index contributed by atoms with van der Waals surface area (Å²) in [5.74, 6) is 0. The van der Waals surface area contributed by atoms with E-state index in [4.69, 9.17) is 0 Å². The Morgan fingerprint density at radius 2 is 1.74 bits per heavy atom. The lowest BCUT2D eigenvalue weighted by Gasteiger charge is -2.58. The predicted octanol–water partition coefficient (Wildman–Crippen LogP) is 4.77. The van der Waals surface area contributed by atoms with Gasteiger partial charge in [-0.05, 0) is 81.5 Å². The highest BCUT2D eigenvalue weighted by Gasteiger charge is 2.47. The van der Waals surface area contributed by atoms with Crippen LogP contribution in [0.3, 0.4) is 0 Å². The van der Waals surface area contributed by atoms with E-state index in [-0.39, 0.29) is 0 Å². The van der Waals surface area contributed by atoms with Gasteiger partial charge in [-0.2, -0.15) is 0 Å². The van der Waals surface area contributed by atoms with Crippen LogP contribution in [0.15, 0.2) is 12.1 Å². The number of aryl methyl sites for hydroxylation is 2. The zero-order valence-corrected chi connectivity index (χ0v) is 13.1. The fourth-order valence-corrected chi connectivity index (χ4v) is 4.30. The number of piperidine rings is 2. The average molecular weight is 257 g/mol. The highest BCUT2D eigenvalue weighted by molar-refractivity contribution is 5.60. The van der Waals surface area contributed by atoms with Crippen molar-refractivity contribution in [2.45, 2.75) is 72.4 Å². The third kappa shape index (κ3) is 1.89. The quantitative estimate of drug-likeness (QED) is 0.700. The van der Waals surface area contributed by atoms with Crippen molar-refractivity contribution >= 4 is 5.69 Å². The summed E-state index contributed by atoms with van der Waals surface area (Å²) >= 11 is 0. The van der Waals surface area contributed by atoms with Gasteiger partial charge >= 0.3 is 0 Å². The first-order valence-electron chi connectivity index (χ1n) is 7.78. The van der Waals surface area contributed by atoms with Crippen LogP contribution in [0.25, 0.3) is 0 Å². The van der Waals surface area contributed by atoms with Gasteiger partial charge in [-0.25, -0.2) is 0 Å². The van der Waals surface area contributed by atoms with Crippen molar-refractivity contribution in [2.24, 2.45) is 5.41 Å². The summed E-state index contributed by atoms with van der Waals surface area (Å²) in [7, 11) is 0. The molecule has 1 aromatic carbocycles. The first-order valence-corrected chi connectivity index (χ1v) is 7.78. The first kappa shape index (κ1) is 13.0. The van der Waals surface area contributed by atoms with E-state index in [1.807, 2.05) is 0 Å². The minimum atomic E-state index is 0.527. The van der Waals surface area contributed by atoms with Crippen molar-refractivity contribution in [3.05, 3.63) is 28.8 Å². The van der Waals surface area contributed by atoms with E-state index < -0.39 is 0 Å². The summed E-state index contributed by atoms with van der Waals surface area (Å²) in [5, 5.41) is 0. The van der Waals surface area contributed by atoms with E-state index in [1.54, 1.807) is 0 Å². The van der Waals surface area contributed by atoms with Gasteiger partial charge < -0.3 is 4.90 Å². The molecule has 104 valence electrons. The predicted molar refractivity (Wildman–Crippen MR) is 83.0 cm³/mol. The minimum absolute atomic E-state index is 0.527. The summed E-state index contributed by atoms with van der Waals surface area (Å²) in [4.78, 5) is 2.75. The molecule has 19 heavy (non-hydrogen) atoms. The number of hydrogen-bond acceptors (Lipinski definition) is 1. The fraction of sp³-hybridized carbons (Fsp3) is 0.667. The maximum Gasteiger partial charge on any atom is 0.0406 e. The standard InChI is InChI=1S/C18H27N/c1-12-10-13(2)14(3)17(11-12)19-15(4)18(5)8-6-16(19)7-9-18/h10-11,15-16H,6-9H2,1-5H3. The molecule has 2 bridgehead atoms. The molecule has 3 fully saturated rings. The molecule has 3 aliphatic rings. The SMILES string of the molecule is Cc1cc(C)c(C)c(N2C3CCC(C)(CC3)C2C)c1. The molecule has 0 amide bonds. The van der Waals surface area contributed by atoms with Crippen LogP contribution in [0.5, 0.6) is 0 Å². The van der Waals surface area contributed by atoms with Gasteiger partial charge in [0.15, 0.2) is 0 Å². The Labute approximate surface area is 118 Å². The topological polar surface area (TPSA) is 3.24 Å². The Balaban J connectivity index is 2.07. The largest absolute Gasteiger partial charge is 0.365 e. The molecule has 2 saturated heterocycles. The van der Waals surface area contributed by atoms with Gasteiger partial charge in [0, 0.05) is 17.8 Å². The van der Waals surface area contributed by atoms with Crippen LogP contribution in [-0.2, 0) is 0 Å². The zero-order valence-electron chi connectivity index (χ0n) is 13.1. The molecule has 4 rings (SSSR count). The Morgan fingerprint density at radius 1 is 1.11 bits per heavy atom. The normalized spacial score (nSPS) is 33.8. The molecular weight excluding hydrogens is 230 g/mol. The maximum atomic E-state index is 2.75. The number of rotatable bonds is 1. The molecule has 1 atom stereocenters. The molecule has 2 aliphatic heterocycles. The van der Waals surface area contributed by atoms with Crippen LogP contribution in [0.2, 0.25) is 0 Å². The molecule has 1 aliphatic carbocycles. The van der Waals surface area contributed by atoms with Crippen LogP contribution < -0.4 is 4.90 Å². The Hall–Kier alpha value is -0.980. The molecule has 1 nitrogen and oxygen atoms in total. The van der Waals surface area contributed by atoms with E-state index in [0.717, 1.165) is 6.04 Å². The summed E-state index contributed by atoms with van der Waals surface area (Å²) in [6.07, 6.45) is 5.60. The second-order valence-corrected chi connectivity index (χ2v) is 7.19. The van der Waals surface area contributed by atoms with E-state index >= 15 is 0 Å². The molecule has 1 unspecified atom stereocenters. The Kier molecular flexibility index (Phi) is 2.92. The van der Waals surface area contributed by atoms with Crippen molar-refractivity contribution in [1.29, 1.82) is 0 Å². The number of nitrogens with zero attached hydrogens (tertiary/aromatic N) is 1. The molecule has 1 aromatic rings. The molecule has 1 saturated carbocycles. The molecule has 1 heteroatoms. The molecule has 2 heterocycles. The lowest BCUT2D eigenvalue weighted by atomic mass is 9.64. The van der Waals surface area contributed by atoms with Gasteiger partial charge in [-0.15, -0.1) is 0 Å². The number of anilines is 1. The van der Waals surface area contributed by atoms with Crippen LogP contribution in [-0.4, -0.2) is 12.1 Å². The van der Waals surface area contributed by atoms with Gasteiger partial charge in [0.2, 0.25) is 0 Å². The van der Waals surface area contributed by atoms with Crippen molar-refractivity contribution in [3.63, 3.8) is 0 Å². The van der Waals surface area contributed by atoms with Crippen LogP contribution >= 0.6 is 0 Å².